The van der Waals surface area contributed by atoms with Crippen molar-refractivity contribution in [2.75, 3.05) is 14.1 Å². The Kier molecular flexibility index (Phi) is 6.29. The second-order valence-electron chi connectivity index (χ2n) is 3.05. The summed E-state index contributed by atoms with van der Waals surface area (Å²) in [4.78, 5) is 0. The van der Waals surface area contributed by atoms with Gasteiger partial charge in [-0.1, -0.05) is 42.0 Å². The van der Waals surface area contributed by atoms with E-state index in [0.717, 1.165) is 5.57 Å². The lowest BCUT2D eigenvalue weighted by atomic mass is 10.1. The Morgan fingerprint density at radius 1 is 1.21 bits per heavy atom. The summed E-state index contributed by atoms with van der Waals surface area (Å²) in [6.07, 6.45) is 0. The molecule has 2 nitrogen and oxygen atoms in total. The maximum Gasteiger partial charge on any atom is 0.0487 e. The van der Waals surface area contributed by atoms with Gasteiger partial charge in [-0.05, 0) is 19.4 Å². The normalized spacial score (nSPS) is 9.43. The SMILES string of the molecule is C=C(C)c1cccc(C)c1.CN=NC. The Balaban J connectivity index is 0.000000364. The van der Waals surface area contributed by atoms with E-state index in [4.69, 9.17) is 0 Å². The number of aryl methyl sites for hydroxylation is 1. The standard InChI is InChI=1S/C10H12.C2H6N2/c1-8(2)10-6-4-5-9(3)7-10;1-3-4-2/h4-7H,1H2,2-3H3;1-2H3. The molecular formula is C12H18N2. The van der Waals surface area contributed by atoms with Crippen molar-refractivity contribution in [3.63, 3.8) is 0 Å². The molecule has 0 bridgehead atoms. The minimum absolute atomic E-state index is 1.13. The molecule has 0 spiro atoms. The quantitative estimate of drug-likeness (QED) is 0.603. The zero-order valence-electron chi connectivity index (χ0n) is 9.41. The van der Waals surface area contributed by atoms with E-state index in [1.165, 1.54) is 11.1 Å². The molecule has 0 radical (unpaired) electrons. The monoisotopic (exact) mass is 190 g/mol. The van der Waals surface area contributed by atoms with Crippen LogP contribution in [0.3, 0.4) is 0 Å². The van der Waals surface area contributed by atoms with E-state index >= 15 is 0 Å². The molecule has 2 heteroatoms. The van der Waals surface area contributed by atoms with Crippen molar-refractivity contribution in [1.29, 1.82) is 0 Å². The summed E-state index contributed by atoms with van der Waals surface area (Å²) in [5, 5.41) is 6.72. The van der Waals surface area contributed by atoms with Gasteiger partial charge in [0, 0.05) is 14.1 Å². The average molecular weight is 190 g/mol. The van der Waals surface area contributed by atoms with Crippen LogP contribution in [0.5, 0.6) is 0 Å². The van der Waals surface area contributed by atoms with E-state index in [9.17, 15) is 0 Å². The molecular weight excluding hydrogens is 172 g/mol. The van der Waals surface area contributed by atoms with Crippen molar-refractivity contribution >= 4 is 5.57 Å². The minimum atomic E-state index is 1.13. The summed E-state index contributed by atoms with van der Waals surface area (Å²) in [6.45, 7) is 7.98. The highest BCUT2D eigenvalue weighted by molar-refractivity contribution is 5.61. The molecule has 0 heterocycles. The molecule has 0 aliphatic heterocycles. The highest BCUT2D eigenvalue weighted by Crippen LogP contribution is 2.11. The predicted molar refractivity (Wildman–Crippen MR) is 62.6 cm³/mol. The highest BCUT2D eigenvalue weighted by Gasteiger charge is 1.90. The fraction of sp³-hybridized carbons (Fsp3) is 0.333. The van der Waals surface area contributed by atoms with E-state index in [2.05, 4.69) is 48.0 Å². The van der Waals surface area contributed by atoms with Crippen molar-refractivity contribution in [2.45, 2.75) is 13.8 Å². The van der Waals surface area contributed by atoms with Gasteiger partial charge in [0.15, 0.2) is 0 Å². The molecule has 0 unspecified atom stereocenters. The molecule has 0 N–H and O–H groups in total. The number of allylic oxidation sites excluding steroid dienone is 1. The van der Waals surface area contributed by atoms with Gasteiger partial charge in [0.2, 0.25) is 0 Å². The van der Waals surface area contributed by atoms with Crippen molar-refractivity contribution in [3.8, 4) is 0 Å². The molecule has 1 aromatic rings. The number of hydrogen-bond donors (Lipinski definition) is 0. The van der Waals surface area contributed by atoms with Gasteiger partial charge in [-0.3, -0.25) is 0 Å². The molecule has 0 aliphatic rings. The zero-order chi connectivity index (χ0) is 11.0. The molecule has 14 heavy (non-hydrogen) atoms. The Morgan fingerprint density at radius 3 is 2.07 bits per heavy atom. The third-order valence-electron chi connectivity index (χ3n) is 1.71. The van der Waals surface area contributed by atoms with Gasteiger partial charge in [0.05, 0.1) is 0 Å². The maximum absolute atomic E-state index is 3.87. The molecule has 0 aromatic heterocycles. The van der Waals surface area contributed by atoms with E-state index in [0.29, 0.717) is 0 Å². The van der Waals surface area contributed by atoms with Gasteiger partial charge in [-0.2, -0.15) is 10.2 Å². The van der Waals surface area contributed by atoms with Gasteiger partial charge in [-0.15, -0.1) is 0 Å². The summed E-state index contributed by atoms with van der Waals surface area (Å²) in [5.41, 5.74) is 3.66. The summed E-state index contributed by atoms with van der Waals surface area (Å²) >= 11 is 0. The number of nitrogens with zero attached hydrogens (tertiary/aromatic N) is 2. The summed E-state index contributed by atoms with van der Waals surface area (Å²) < 4.78 is 0. The van der Waals surface area contributed by atoms with Crippen molar-refractivity contribution in [3.05, 3.63) is 42.0 Å². The first-order valence-corrected chi connectivity index (χ1v) is 4.52. The number of benzene rings is 1. The topological polar surface area (TPSA) is 24.7 Å². The van der Waals surface area contributed by atoms with Crippen molar-refractivity contribution in [2.24, 2.45) is 10.2 Å². The third-order valence-corrected chi connectivity index (χ3v) is 1.71. The summed E-state index contributed by atoms with van der Waals surface area (Å²) in [5.74, 6) is 0. The minimum Gasteiger partial charge on any atom is -0.198 e. The van der Waals surface area contributed by atoms with Crippen LogP contribution in [0, 0.1) is 6.92 Å². The van der Waals surface area contributed by atoms with Crippen LogP contribution in [0.25, 0.3) is 5.57 Å². The molecule has 0 amide bonds. The first-order chi connectivity index (χ1) is 6.61. The molecule has 0 saturated heterocycles. The highest BCUT2D eigenvalue weighted by atomic mass is 15.0. The van der Waals surface area contributed by atoms with E-state index < -0.39 is 0 Å². The molecule has 0 saturated carbocycles. The summed E-state index contributed by atoms with van der Waals surface area (Å²) in [7, 11) is 3.28. The van der Waals surface area contributed by atoms with Gasteiger partial charge in [0.1, 0.15) is 0 Å². The largest absolute Gasteiger partial charge is 0.198 e. The Labute approximate surface area is 86.4 Å². The van der Waals surface area contributed by atoms with Gasteiger partial charge in [-0.25, -0.2) is 0 Å². The van der Waals surface area contributed by atoms with Crippen molar-refractivity contribution in [1.82, 2.24) is 0 Å². The second kappa shape index (κ2) is 7.01. The molecule has 1 aromatic carbocycles. The maximum atomic E-state index is 3.87. The second-order valence-corrected chi connectivity index (χ2v) is 3.05. The molecule has 76 valence electrons. The van der Waals surface area contributed by atoms with E-state index in [-0.39, 0.29) is 0 Å². The van der Waals surface area contributed by atoms with Crippen LogP contribution in [0.4, 0.5) is 0 Å². The first kappa shape index (κ1) is 12.6. The van der Waals surface area contributed by atoms with Gasteiger partial charge in [0.25, 0.3) is 0 Å². The Morgan fingerprint density at radius 2 is 1.79 bits per heavy atom. The van der Waals surface area contributed by atoms with Crippen LogP contribution >= 0.6 is 0 Å². The molecule has 1 rings (SSSR count). The predicted octanol–water partition coefficient (Wildman–Crippen LogP) is 3.73. The number of hydrogen-bond acceptors (Lipinski definition) is 2. The molecule has 0 fully saturated rings. The van der Waals surface area contributed by atoms with Crippen molar-refractivity contribution < 1.29 is 0 Å². The van der Waals surface area contributed by atoms with E-state index in [1.54, 1.807) is 14.1 Å². The van der Waals surface area contributed by atoms with Gasteiger partial charge >= 0.3 is 0 Å². The average Bonchev–Trinajstić information content (AvgIpc) is 2.18. The Hall–Kier alpha value is -1.44. The van der Waals surface area contributed by atoms with Crippen LogP contribution < -0.4 is 0 Å². The van der Waals surface area contributed by atoms with E-state index in [1.807, 2.05) is 6.92 Å². The molecule has 0 atom stereocenters. The Bertz CT molecular complexity index is 310. The fourth-order valence-corrected chi connectivity index (χ4v) is 0.911. The fourth-order valence-electron chi connectivity index (χ4n) is 0.911. The zero-order valence-corrected chi connectivity index (χ0v) is 9.41. The van der Waals surface area contributed by atoms with Crippen LogP contribution in [0.15, 0.2) is 41.1 Å². The smallest absolute Gasteiger partial charge is 0.0487 e. The van der Waals surface area contributed by atoms with Crippen LogP contribution in [0.1, 0.15) is 18.1 Å². The lowest BCUT2D eigenvalue weighted by molar-refractivity contribution is 1.11. The summed E-state index contributed by atoms with van der Waals surface area (Å²) in [6, 6.07) is 8.36. The molecule has 0 aliphatic carbocycles. The number of azo groups is 1. The third kappa shape index (κ3) is 5.25. The van der Waals surface area contributed by atoms with Crippen LogP contribution in [0.2, 0.25) is 0 Å². The lowest BCUT2D eigenvalue weighted by Gasteiger charge is -1.98. The van der Waals surface area contributed by atoms with Gasteiger partial charge < -0.3 is 0 Å². The number of rotatable bonds is 1. The first-order valence-electron chi connectivity index (χ1n) is 4.52. The lowest BCUT2D eigenvalue weighted by Crippen LogP contribution is -1.77. The van der Waals surface area contributed by atoms with Crippen LogP contribution in [-0.2, 0) is 0 Å². The van der Waals surface area contributed by atoms with Crippen LogP contribution in [-0.4, -0.2) is 14.1 Å².